The lowest BCUT2D eigenvalue weighted by Crippen LogP contribution is -2.13. The van der Waals surface area contributed by atoms with Crippen molar-refractivity contribution >= 4 is 23.2 Å². The van der Waals surface area contributed by atoms with Gasteiger partial charge < -0.3 is 10.6 Å². The second-order valence-electron chi connectivity index (χ2n) is 5.51. The molecule has 0 atom stereocenters. The molecule has 26 heavy (non-hydrogen) atoms. The Morgan fingerprint density at radius 3 is 1.35 bits per heavy atom. The highest BCUT2D eigenvalue weighted by atomic mass is 19.1. The summed E-state index contributed by atoms with van der Waals surface area (Å²) in [5.41, 5.74) is 1.38. The molecular weight excluding hydrogens is 338 g/mol. The molecule has 130 valence electrons. The van der Waals surface area contributed by atoms with Crippen molar-refractivity contribution in [3.05, 3.63) is 95.6 Å². The topological polar surface area (TPSA) is 58.2 Å². The quantitative estimate of drug-likeness (QED) is 0.728. The first-order valence-electron chi connectivity index (χ1n) is 7.75. The number of anilines is 2. The van der Waals surface area contributed by atoms with Gasteiger partial charge in [-0.1, -0.05) is 12.1 Å². The molecule has 0 bridgehead atoms. The Bertz CT molecular complexity index is 878. The SMILES string of the molecule is O=C(Nc1ccc(NC(=O)c2cccc(F)c2)cc1)c1cccc(F)c1. The molecule has 3 aromatic carbocycles. The summed E-state index contributed by atoms with van der Waals surface area (Å²) in [6, 6.07) is 17.1. The van der Waals surface area contributed by atoms with E-state index in [4.69, 9.17) is 0 Å². The average molecular weight is 352 g/mol. The predicted octanol–water partition coefficient (Wildman–Crippen LogP) is 4.47. The Balaban J connectivity index is 1.65. The largest absolute Gasteiger partial charge is 0.322 e. The second kappa shape index (κ2) is 7.57. The summed E-state index contributed by atoms with van der Waals surface area (Å²) < 4.78 is 26.3. The molecule has 0 spiro atoms. The van der Waals surface area contributed by atoms with Crippen LogP contribution in [-0.4, -0.2) is 11.8 Å². The molecule has 0 aromatic heterocycles. The van der Waals surface area contributed by atoms with Gasteiger partial charge in [-0.2, -0.15) is 0 Å². The van der Waals surface area contributed by atoms with Crippen molar-refractivity contribution in [2.24, 2.45) is 0 Å². The molecule has 2 amide bonds. The summed E-state index contributed by atoms with van der Waals surface area (Å²) in [5.74, 6) is -1.87. The molecule has 0 aliphatic rings. The first kappa shape index (κ1) is 17.3. The number of rotatable bonds is 4. The van der Waals surface area contributed by atoms with Crippen LogP contribution in [0.5, 0.6) is 0 Å². The van der Waals surface area contributed by atoms with Crippen molar-refractivity contribution in [1.29, 1.82) is 0 Å². The number of carbonyl (C=O) groups is 2. The highest BCUT2D eigenvalue weighted by Gasteiger charge is 2.09. The van der Waals surface area contributed by atoms with Gasteiger partial charge in [0.25, 0.3) is 11.8 Å². The molecule has 2 N–H and O–H groups in total. The Labute approximate surface area is 148 Å². The van der Waals surface area contributed by atoms with Gasteiger partial charge in [-0.05, 0) is 60.7 Å². The van der Waals surface area contributed by atoms with E-state index in [0.29, 0.717) is 11.4 Å². The van der Waals surface area contributed by atoms with Crippen LogP contribution >= 0.6 is 0 Å². The molecule has 3 rings (SSSR count). The van der Waals surface area contributed by atoms with Crippen LogP contribution in [-0.2, 0) is 0 Å². The normalized spacial score (nSPS) is 10.2. The van der Waals surface area contributed by atoms with Crippen LogP contribution in [0.2, 0.25) is 0 Å². The van der Waals surface area contributed by atoms with Crippen molar-refractivity contribution in [1.82, 2.24) is 0 Å². The number of carbonyl (C=O) groups excluding carboxylic acids is 2. The van der Waals surface area contributed by atoms with E-state index < -0.39 is 23.4 Å². The fraction of sp³-hybridized carbons (Fsp3) is 0. The van der Waals surface area contributed by atoms with Gasteiger partial charge in [0.2, 0.25) is 0 Å². The number of hydrogen-bond acceptors (Lipinski definition) is 2. The van der Waals surface area contributed by atoms with Gasteiger partial charge in [-0.3, -0.25) is 9.59 Å². The zero-order valence-corrected chi connectivity index (χ0v) is 13.5. The minimum Gasteiger partial charge on any atom is -0.322 e. The number of nitrogens with one attached hydrogen (secondary N) is 2. The maximum absolute atomic E-state index is 13.2. The lowest BCUT2D eigenvalue weighted by Gasteiger charge is -2.08. The molecule has 0 radical (unpaired) electrons. The van der Waals surface area contributed by atoms with Crippen molar-refractivity contribution in [2.75, 3.05) is 10.6 Å². The lowest BCUT2D eigenvalue weighted by molar-refractivity contribution is 0.101. The highest BCUT2D eigenvalue weighted by Crippen LogP contribution is 2.16. The fourth-order valence-corrected chi connectivity index (χ4v) is 2.30. The molecule has 0 saturated heterocycles. The van der Waals surface area contributed by atoms with E-state index in [9.17, 15) is 18.4 Å². The van der Waals surface area contributed by atoms with E-state index >= 15 is 0 Å². The first-order chi connectivity index (χ1) is 12.5. The Hall–Kier alpha value is -3.54. The monoisotopic (exact) mass is 352 g/mol. The molecular formula is C20H14F2N2O2. The van der Waals surface area contributed by atoms with Crippen molar-refractivity contribution in [2.45, 2.75) is 0 Å². The third-order valence-corrected chi connectivity index (χ3v) is 3.57. The zero-order chi connectivity index (χ0) is 18.5. The maximum atomic E-state index is 13.2. The van der Waals surface area contributed by atoms with Crippen LogP contribution in [0.25, 0.3) is 0 Å². The molecule has 0 aliphatic carbocycles. The number of benzene rings is 3. The molecule has 0 unspecified atom stereocenters. The van der Waals surface area contributed by atoms with Gasteiger partial charge in [-0.15, -0.1) is 0 Å². The molecule has 6 heteroatoms. The Morgan fingerprint density at radius 1 is 0.615 bits per heavy atom. The van der Waals surface area contributed by atoms with E-state index in [2.05, 4.69) is 10.6 Å². The summed E-state index contributed by atoms with van der Waals surface area (Å²) in [5, 5.41) is 5.27. The van der Waals surface area contributed by atoms with E-state index in [0.717, 1.165) is 12.1 Å². The van der Waals surface area contributed by atoms with Gasteiger partial charge in [0, 0.05) is 22.5 Å². The van der Waals surface area contributed by atoms with E-state index in [1.54, 1.807) is 24.3 Å². The number of hydrogen-bond donors (Lipinski definition) is 2. The van der Waals surface area contributed by atoms with Crippen LogP contribution in [0.1, 0.15) is 20.7 Å². The molecule has 0 aliphatic heterocycles. The molecule has 0 fully saturated rings. The summed E-state index contributed by atoms with van der Waals surface area (Å²) in [6.07, 6.45) is 0. The van der Waals surface area contributed by atoms with Crippen LogP contribution in [0, 0.1) is 11.6 Å². The van der Waals surface area contributed by atoms with Crippen LogP contribution in [0.15, 0.2) is 72.8 Å². The lowest BCUT2D eigenvalue weighted by atomic mass is 10.2. The zero-order valence-electron chi connectivity index (χ0n) is 13.5. The van der Waals surface area contributed by atoms with Crippen LogP contribution in [0.3, 0.4) is 0 Å². The van der Waals surface area contributed by atoms with Crippen LogP contribution < -0.4 is 10.6 Å². The summed E-state index contributed by atoms with van der Waals surface area (Å²) >= 11 is 0. The van der Waals surface area contributed by atoms with Crippen LogP contribution in [0.4, 0.5) is 20.2 Å². The number of halogens is 2. The van der Waals surface area contributed by atoms with Gasteiger partial charge in [0.05, 0.1) is 0 Å². The summed E-state index contributed by atoms with van der Waals surface area (Å²) in [6.45, 7) is 0. The fourth-order valence-electron chi connectivity index (χ4n) is 2.30. The minimum absolute atomic E-state index is 0.202. The van der Waals surface area contributed by atoms with E-state index in [1.807, 2.05) is 0 Å². The predicted molar refractivity (Wildman–Crippen MR) is 95.1 cm³/mol. The second-order valence-corrected chi connectivity index (χ2v) is 5.51. The summed E-state index contributed by atoms with van der Waals surface area (Å²) in [7, 11) is 0. The Morgan fingerprint density at radius 2 is 1.00 bits per heavy atom. The molecule has 3 aromatic rings. The average Bonchev–Trinajstić information content (AvgIpc) is 2.63. The number of amides is 2. The van der Waals surface area contributed by atoms with E-state index in [-0.39, 0.29) is 11.1 Å². The van der Waals surface area contributed by atoms with Crippen molar-refractivity contribution in [3.63, 3.8) is 0 Å². The smallest absolute Gasteiger partial charge is 0.255 e. The minimum atomic E-state index is -0.493. The third-order valence-electron chi connectivity index (χ3n) is 3.57. The molecule has 0 saturated carbocycles. The first-order valence-corrected chi connectivity index (χ1v) is 7.75. The van der Waals surface area contributed by atoms with Gasteiger partial charge >= 0.3 is 0 Å². The van der Waals surface area contributed by atoms with Gasteiger partial charge in [-0.25, -0.2) is 8.78 Å². The van der Waals surface area contributed by atoms with E-state index in [1.165, 1.54) is 36.4 Å². The molecule has 0 heterocycles. The maximum Gasteiger partial charge on any atom is 0.255 e. The summed E-state index contributed by atoms with van der Waals surface area (Å²) in [4.78, 5) is 24.1. The molecule has 4 nitrogen and oxygen atoms in total. The van der Waals surface area contributed by atoms with Gasteiger partial charge in [0.15, 0.2) is 0 Å². The van der Waals surface area contributed by atoms with Crippen molar-refractivity contribution < 1.29 is 18.4 Å². The van der Waals surface area contributed by atoms with Gasteiger partial charge in [0.1, 0.15) is 11.6 Å². The Kier molecular flexibility index (Phi) is 5.03. The van der Waals surface area contributed by atoms with Crippen molar-refractivity contribution in [3.8, 4) is 0 Å². The standard InChI is InChI=1S/C20H14F2N2O2/c21-15-5-1-3-13(11-15)19(25)23-17-7-9-18(10-8-17)24-20(26)14-4-2-6-16(22)12-14/h1-12H,(H,23,25)(H,24,26). The third kappa shape index (κ3) is 4.30. The highest BCUT2D eigenvalue weighted by molar-refractivity contribution is 6.05.